The highest BCUT2D eigenvalue weighted by atomic mass is 79.9. The molecule has 6 nitrogen and oxygen atoms in total. The average Bonchev–Trinajstić information content (AvgIpc) is 2.86. The summed E-state index contributed by atoms with van der Waals surface area (Å²) in [7, 11) is 0. The van der Waals surface area contributed by atoms with E-state index in [4.69, 9.17) is 11.2 Å². The second kappa shape index (κ2) is 9.46. The number of imide groups is 1. The van der Waals surface area contributed by atoms with Gasteiger partial charge in [0.1, 0.15) is 18.9 Å². The van der Waals surface area contributed by atoms with Crippen molar-refractivity contribution < 1.29 is 19.1 Å². The van der Waals surface area contributed by atoms with Gasteiger partial charge < -0.3 is 10.1 Å². The van der Waals surface area contributed by atoms with Crippen LogP contribution in [0.1, 0.15) is 18.9 Å². The highest BCUT2D eigenvalue weighted by molar-refractivity contribution is 9.10. The van der Waals surface area contributed by atoms with E-state index in [0.29, 0.717) is 22.3 Å². The van der Waals surface area contributed by atoms with Gasteiger partial charge in [0.2, 0.25) is 5.91 Å². The van der Waals surface area contributed by atoms with Crippen LogP contribution < -0.4 is 10.1 Å². The van der Waals surface area contributed by atoms with Crippen molar-refractivity contribution in [2.24, 2.45) is 0 Å². The fraction of sp³-hybridized carbons (Fsp3) is 0.278. The number of terminal acetylenes is 1. The lowest BCUT2D eigenvalue weighted by Crippen LogP contribution is -2.39. The van der Waals surface area contributed by atoms with Gasteiger partial charge in [-0.05, 0) is 57.9 Å². The van der Waals surface area contributed by atoms with Crippen LogP contribution in [0.25, 0.3) is 6.08 Å². The Bertz CT molecular complexity index is 801. The zero-order chi connectivity index (χ0) is 19.1. The minimum Gasteiger partial charge on any atom is -0.480 e. The van der Waals surface area contributed by atoms with E-state index in [1.54, 1.807) is 24.3 Å². The molecule has 0 aliphatic carbocycles. The van der Waals surface area contributed by atoms with E-state index < -0.39 is 11.1 Å². The second-order valence-electron chi connectivity index (χ2n) is 5.30. The molecule has 0 unspecified atom stereocenters. The number of nitrogens with zero attached hydrogens (tertiary/aromatic N) is 1. The molecule has 1 aromatic rings. The van der Waals surface area contributed by atoms with Gasteiger partial charge in [-0.2, -0.15) is 0 Å². The van der Waals surface area contributed by atoms with Gasteiger partial charge in [-0.25, -0.2) is 0 Å². The Kier molecular flexibility index (Phi) is 7.30. The molecule has 0 aromatic heterocycles. The third kappa shape index (κ3) is 5.13. The number of hydrogen-bond donors (Lipinski definition) is 1. The van der Waals surface area contributed by atoms with Crippen molar-refractivity contribution in [3.05, 3.63) is 33.1 Å². The number of carbonyl (C=O) groups excluding carboxylic acids is 3. The van der Waals surface area contributed by atoms with Crippen molar-refractivity contribution in [2.75, 3.05) is 19.7 Å². The van der Waals surface area contributed by atoms with Crippen molar-refractivity contribution in [1.29, 1.82) is 0 Å². The first kappa shape index (κ1) is 20.1. The maximum Gasteiger partial charge on any atom is 0.294 e. The molecule has 0 spiro atoms. The average molecular weight is 437 g/mol. The predicted octanol–water partition coefficient (Wildman–Crippen LogP) is 3.02. The third-order valence-corrected chi connectivity index (χ3v) is 4.84. The van der Waals surface area contributed by atoms with E-state index in [9.17, 15) is 14.4 Å². The summed E-state index contributed by atoms with van der Waals surface area (Å²) >= 11 is 4.19. The normalized spacial score (nSPS) is 15.3. The topological polar surface area (TPSA) is 75.7 Å². The molecule has 1 saturated heterocycles. The van der Waals surface area contributed by atoms with Crippen molar-refractivity contribution in [3.8, 4) is 18.1 Å². The van der Waals surface area contributed by atoms with Crippen LogP contribution in [0.15, 0.2) is 27.6 Å². The molecule has 1 aromatic carbocycles. The smallest absolute Gasteiger partial charge is 0.294 e. The Morgan fingerprint density at radius 1 is 1.46 bits per heavy atom. The van der Waals surface area contributed by atoms with E-state index in [1.807, 2.05) is 6.92 Å². The molecular formula is C18H17BrN2O4S. The molecule has 0 saturated carbocycles. The molecule has 2 rings (SSSR count). The van der Waals surface area contributed by atoms with Crippen LogP contribution in [-0.2, 0) is 9.59 Å². The Labute approximate surface area is 164 Å². The van der Waals surface area contributed by atoms with Crippen LogP contribution in [-0.4, -0.2) is 41.6 Å². The first-order chi connectivity index (χ1) is 12.5. The summed E-state index contributed by atoms with van der Waals surface area (Å²) in [5.74, 6) is 2.14. The molecule has 0 radical (unpaired) electrons. The van der Waals surface area contributed by atoms with Gasteiger partial charge in [0.15, 0.2) is 0 Å². The van der Waals surface area contributed by atoms with E-state index in [2.05, 4.69) is 27.2 Å². The summed E-state index contributed by atoms with van der Waals surface area (Å²) < 4.78 is 6.04. The predicted molar refractivity (Wildman–Crippen MR) is 104 cm³/mol. The van der Waals surface area contributed by atoms with Crippen LogP contribution in [0.4, 0.5) is 4.79 Å². The first-order valence-corrected chi connectivity index (χ1v) is 9.45. The van der Waals surface area contributed by atoms with Gasteiger partial charge in [0.25, 0.3) is 11.1 Å². The van der Waals surface area contributed by atoms with E-state index in [0.717, 1.165) is 23.1 Å². The third-order valence-electron chi connectivity index (χ3n) is 3.31. The maximum absolute atomic E-state index is 12.4. The van der Waals surface area contributed by atoms with Gasteiger partial charge in [-0.3, -0.25) is 19.3 Å². The molecule has 1 N–H and O–H groups in total. The molecule has 8 heteroatoms. The van der Waals surface area contributed by atoms with Crippen LogP contribution in [0.2, 0.25) is 0 Å². The summed E-state index contributed by atoms with van der Waals surface area (Å²) in [5, 5.41) is 2.19. The number of thioether (sulfide) groups is 1. The van der Waals surface area contributed by atoms with Gasteiger partial charge in [-0.15, -0.1) is 6.42 Å². The van der Waals surface area contributed by atoms with Crippen LogP contribution in [0.3, 0.4) is 0 Å². The molecule has 0 atom stereocenters. The number of halogens is 1. The lowest BCUT2D eigenvalue weighted by atomic mass is 10.2. The fourth-order valence-corrected chi connectivity index (χ4v) is 3.44. The molecule has 26 heavy (non-hydrogen) atoms. The molecule has 1 aliphatic heterocycles. The fourth-order valence-electron chi connectivity index (χ4n) is 2.09. The van der Waals surface area contributed by atoms with Gasteiger partial charge >= 0.3 is 0 Å². The van der Waals surface area contributed by atoms with E-state index in [1.165, 1.54) is 0 Å². The number of benzene rings is 1. The first-order valence-electron chi connectivity index (χ1n) is 7.84. The van der Waals surface area contributed by atoms with Crippen molar-refractivity contribution in [3.63, 3.8) is 0 Å². The zero-order valence-corrected chi connectivity index (χ0v) is 16.5. The monoisotopic (exact) mass is 436 g/mol. The van der Waals surface area contributed by atoms with Gasteiger partial charge in [0.05, 0.1) is 9.38 Å². The highest BCUT2D eigenvalue weighted by Gasteiger charge is 2.36. The Morgan fingerprint density at radius 3 is 2.88 bits per heavy atom. The SMILES string of the molecule is C#CCOc1ccc(/C=C2\SC(=O)N(CC(=O)NCCC)C2=O)cc1Br. The van der Waals surface area contributed by atoms with Crippen molar-refractivity contribution in [2.45, 2.75) is 13.3 Å². The molecule has 1 fully saturated rings. The van der Waals surface area contributed by atoms with Gasteiger partial charge in [-0.1, -0.05) is 18.9 Å². The zero-order valence-electron chi connectivity index (χ0n) is 14.1. The number of ether oxygens (including phenoxy) is 1. The number of carbonyl (C=O) groups is 3. The number of nitrogens with one attached hydrogen (secondary N) is 1. The molecule has 1 aliphatic rings. The lowest BCUT2D eigenvalue weighted by molar-refractivity contribution is -0.129. The number of rotatable bonds is 7. The van der Waals surface area contributed by atoms with E-state index >= 15 is 0 Å². The molecule has 3 amide bonds. The number of amides is 3. The molecule has 1 heterocycles. The molecule has 0 bridgehead atoms. The molecular weight excluding hydrogens is 420 g/mol. The van der Waals surface area contributed by atoms with Crippen LogP contribution in [0, 0.1) is 12.3 Å². The second-order valence-corrected chi connectivity index (χ2v) is 7.15. The standard InChI is InChI=1S/C18H17BrN2O4S/c1-3-7-20-16(22)11-21-17(23)15(26-18(21)24)10-12-5-6-14(13(19)9-12)25-8-4-2/h2,5-6,9-10H,3,7-8,11H2,1H3,(H,20,22)/b15-10-. The van der Waals surface area contributed by atoms with Crippen molar-refractivity contribution >= 4 is 50.8 Å². The quantitative estimate of drug-likeness (QED) is 0.525. The highest BCUT2D eigenvalue weighted by Crippen LogP contribution is 2.33. The largest absolute Gasteiger partial charge is 0.480 e. The number of hydrogen-bond acceptors (Lipinski definition) is 5. The minimum absolute atomic E-state index is 0.150. The summed E-state index contributed by atoms with van der Waals surface area (Å²) in [5.41, 5.74) is 0.714. The summed E-state index contributed by atoms with van der Waals surface area (Å²) in [6, 6.07) is 5.22. The Morgan fingerprint density at radius 2 is 2.23 bits per heavy atom. The summed E-state index contributed by atoms with van der Waals surface area (Å²) in [6.07, 6.45) is 7.55. The minimum atomic E-state index is -0.476. The Balaban J connectivity index is 2.11. The lowest BCUT2D eigenvalue weighted by Gasteiger charge is -2.11. The van der Waals surface area contributed by atoms with Gasteiger partial charge in [0, 0.05) is 6.54 Å². The maximum atomic E-state index is 12.4. The van der Waals surface area contributed by atoms with Crippen LogP contribution in [0.5, 0.6) is 5.75 Å². The summed E-state index contributed by atoms with van der Waals surface area (Å²) in [6.45, 7) is 2.30. The molecule has 136 valence electrons. The Hall–Kier alpha value is -2.24. The van der Waals surface area contributed by atoms with Crippen molar-refractivity contribution in [1.82, 2.24) is 10.2 Å². The van der Waals surface area contributed by atoms with Crippen LogP contribution >= 0.6 is 27.7 Å². The summed E-state index contributed by atoms with van der Waals surface area (Å²) in [4.78, 5) is 37.4. The van der Waals surface area contributed by atoms with E-state index in [-0.39, 0.29) is 24.0 Å².